The molecule has 3 aromatic carbocycles. The summed E-state index contributed by atoms with van der Waals surface area (Å²) in [6.07, 6.45) is 2.50. The zero-order valence-electron chi connectivity index (χ0n) is 19.6. The zero-order valence-corrected chi connectivity index (χ0v) is 19.6. The van der Waals surface area contributed by atoms with Crippen molar-refractivity contribution in [3.63, 3.8) is 0 Å². The molecule has 34 heavy (non-hydrogen) atoms. The van der Waals surface area contributed by atoms with Gasteiger partial charge in [0.1, 0.15) is 12.6 Å². The Balaban J connectivity index is 1.76. The second kappa shape index (κ2) is 11.1. The fourth-order valence-corrected chi connectivity index (χ4v) is 4.67. The number of carbonyl (C=O) groups is 1. The Kier molecular flexibility index (Phi) is 7.70. The highest BCUT2D eigenvalue weighted by atomic mass is 16.5. The predicted molar refractivity (Wildman–Crippen MR) is 131 cm³/mol. The number of nitrogens with zero attached hydrogens (tertiary/aromatic N) is 1. The van der Waals surface area contributed by atoms with E-state index < -0.39 is 12.0 Å². The maximum absolute atomic E-state index is 12.1. The Labute approximate surface area is 200 Å². The van der Waals surface area contributed by atoms with Gasteiger partial charge in [-0.15, -0.1) is 0 Å². The van der Waals surface area contributed by atoms with Crippen LogP contribution in [0.3, 0.4) is 0 Å². The molecule has 2 unspecified atom stereocenters. The topological polar surface area (TPSA) is 68.2 Å². The van der Waals surface area contributed by atoms with Crippen LogP contribution in [0.15, 0.2) is 72.8 Å². The normalized spacial score (nSPS) is 17.1. The van der Waals surface area contributed by atoms with E-state index in [0.717, 1.165) is 29.5 Å². The molecule has 6 nitrogen and oxygen atoms in total. The minimum atomic E-state index is -0.789. The van der Waals surface area contributed by atoms with Gasteiger partial charge in [-0.25, -0.2) is 0 Å². The van der Waals surface area contributed by atoms with Gasteiger partial charge in [-0.05, 0) is 48.2 Å². The van der Waals surface area contributed by atoms with E-state index >= 15 is 0 Å². The van der Waals surface area contributed by atoms with E-state index in [0.29, 0.717) is 36.8 Å². The second-order valence-corrected chi connectivity index (χ2v) is 8.43. The lowest BCUT2D eigenvalue weighted by atomic mass is 9.91. The molecular weight excluding hydrogens is 430 g/mol. The fraction of sp³-hybridized carbons (Fsp3) is 0.321. The van der Waals surface area contributed by atoms with Crippen molar-refractivity contribution >= 4 is 5.97 Å². The standard InChI is InChI=1S/C28H31NO5/c1-32-24-17-22(18-25(33-2)27(24)34-19-20-11-5-3-6-12-20)26(21-13-7-4-8-14-21)29-16-10-9-15-23(29)28(30)31/h3-8,11-14,17-18,23,26H,9-10,15-16,19H2,1-2H3,(H,30,31). The van der Waals surface area contributed by atoms with Gasteiger partial charge in [-0.2, -0.15) is 0 Å². The monoisotopic (exact) mass is 461 g/mol. The van der Waals surface area contributed by atoms with E-state index in [9.17, 15) is 9.90 Å². The summed E-state index contributed by atoms with van der Waals surface area (Å²) < 4.78 is 17.6. The first-order valence-corrected chi connectivity index (χ1v) is 11.6. The summed E-state index contributed by atoms with van der Waals surface area (Å²) in [7, 11) is 3.21. The molecule has 1 fully saturated rings. The van der Waals surface area contributed by atoms with Gasteiger partial charge in [0.25, 0.3) is 0 Å². The van der Waals surface area contributed by atoms with Crippen LogP contribution in [0.1, 0.15) is 42.0 Å². The van der Waals surface area contributed by atoms with Crippen molar-refractivity contribution in [2.75, 3.05) is 20.8 Å². The number of carboxylic acid groups (broad SMARTS) is 1. The number of likely N-dealkylation sites (tertiary alicyclic amines) is 1. The Hall–Kier alpha value is -3.51. The second-order valence-electron chi connectivity index (χ2n) is 8.43. The van der Waals surface area contributed by atoms with Crippen LogP contribution in [0.4, 0.5) is 0 Å². The summed E-state index contributed by atoms with van der Waals surface area (Å²) >= 11 is 0. The molecule has 0 radical (unpaired) electrons. The molecule has 1 heterocycles. The van der Waals surface area contributed by atoms with Crippen molar-refractivity contribution in [1.29, 1.82) is 0 Å². The van der Waals surface area contributed by atoms with Gasteiger partial charge in [0.15, 0.2) is 11.5 Å². The highest BCUT2D eigenvalue weighted by Crippen LogP contribution is 2.44. The van der Waals surface area contributed by atoms with E-state index in [1.54, 1.807) is 14.2 Å². The van der Waals surface area contributed by atoms with Gasteiger partial charge < -0.3 is 19.3 Å². The fourth-order valence-electron chi connectivity index (χ4n) is 4.67. The number of hydrogen-bond acceptors (Lipinski definition) is 5. The van der Waals surface area contributed by atoms with Crippen LogP contribution in [-0.2, 0) is 11.4 Å². The van der Waals surface area contributed by atoms with Gasteiger partial charge in [-0.3, -0.25) is 9.69 Å². The number of hydrogen-bond donors (Lipinski definition) is 1. The number of ether oxygens (including phenoxy) is 3. The van der Waals surface area contributed by atoms with Crippen molar-refractivity contribution in [2.45, 2.75) is 38.0 Å². The molecule has 0 spiro atoms. The predicted octanol–water partition coefficient (Wildman–Crippen LogP) is 5.31. The third-order valence-electron chi connectivity index (χ3n) is 6.30. The number of piperidine rings is 1. The SMILES string of the molecule is COc1cc(C(c2ccccc2)N2CCCCC2C(=O)O)cc(OC)c1OCc1ccccc1. The Morgan fingerprint density at radius 2 is 1.56 bits per heavy atom. The molecule has 0 bridgehead atoms. The van der Waals surface area contributed by atoms with Crippen LogP contribution in [0.2, 0.25) is 0 Å². The molecule has 1 aliphatic heterocycles. The average molecular weight is 462 g/mol. The van der Waals surface area contributed by atoms with Crippen molar-refractivity contribution < 1.29 is 24.1 Å². The smallest absolute Gasteiger partial charge is 0.320 e. The first-order chi connectivity index (χ1) is 16.6. The minimum absolute atomic E-state index is 0.256. The third kappa shape index (κ3) is 5.18. The molecule has 0 aromatic heterocycles. The molecule has 0 saturated carbocycles. The van der Waals surface area contributed by atoms with Crippen LogP contribution in [0, 0.1) is 0 Å². The van der Waals surface area contributed by atoms with Crippen molar-refractivity contribution in [2.24, 2.45) is 0 Å². The van der Waals surface area contributed by atoms with E-state index in [1.165, 1.54) is 0 Å². The molecule has 1 saturated heterocycles. The first-order valence-electron chi connectivity index (χ1n) is 11.6. The van der Waals surface area contributed by atoms with Gasteiger partial charge in [-0.1, -0.05) is 67.1 Å². The molecule has 3 aromatic rings. The van der Waals surface area contributed by atoms with Gasteiger partial charge in [0.05, 0.1) is 20.3 Å². The lowest BCUT2D eigenvalue weighted by Gasteiger charge is -2.40. The lowest BCUT2D eigenvalue weighted by molar-refractivity contribution is -0.145. The number of benzene rings is 3. The molecule has 0 aliphatic carbocycles. The number of carboxylic acids is 1. The third-order valence-corrected chi connectivity index (χ3v) is 6.30. The molecule has 2 atom stereocenters. The number of methoxy groups -OCH3 is 2. The Bertz CT molecular complexity index is 1060. The Morgan fingerprint density at radius 1 is 0.941 bits per heavy atom. The van der Waals surface area contributed by atoms with Crippen molar-refractivity contribution in [1.82, 2.24) is 4.90 Å². The number of rotatable bonds is 9. The Morgan fingerprint density at radius 3 is 2.15 bits per heavy atom. The highest BCUT2D eigenvalue weighted by molar-refractivity contribution is 5.74. The zero-order chi connectivity index (χ0) is 23.9. The molecular formula is C28H31NO5. The number of aliphatic carboxylic acids is 1. The maximum Gasteiger partial charge on any atom is 0.320 e. The molecule has 1 aliphatic rings. The van der Waals surface area contributed by atoms with Crippen LogP contribution < -0.4 is 14.2 Å². The minimum Gasteiger partial charge on any atom is -0.493 e. The molecule has 4 rings (SSSR count). The van der Waals surface area contributed by atoms with E-state index in [2.05, 4.69) is 4.90 Å². The lowest BCUT2D eigenvalue weighted by Crippen LogP contribution is -2.46. The summed E-state index contributed by atoms with van der Waals surface area (Å²) in [6.45, 7) is 1.08. The summed E-state index contributed by atoms with van der Waals surface area (Å²) in [6, 6.07) is 23.0. The van der Waals surface area contributed by atoms with Gasteiger partial charge >= 0.3 is 5.97 Å². The molecule has 178 valence electrons. The summed E-state index contributed by atoms with van der Waals surface area (Å²) in [4.78, 5) is 14.2. The summed E-state index contributed by atoms with van der Waals surface area (Å²) in [5.74, 6) is 0.838. The van der Waals surface area contributed by atoms with E-state index in [4.69, 9.17) is 14.2 Å². The maximum atomic E-state index is 12.1. The first kappa shape index (κ1) is 23.6. The molecule has 1 N–H and O–H groups in total. The molecule has 0 amide bonds. The van der Waals surface area contributed by atoms with Gasteiger partial charge in [0.2, 0.25) is 5.75 Å². The van der Waals surface area contributed by atoms with Crippen LogP contribution in [0.5, 0.6) is 17.2 Å². The van der Waals surface area contributed by atoms with Crippen LogP contribution >= 0.6 is 0 Å². The van der Waals surface area contributed by atoms with Crippen molar-refractivity contribution in [3.8, 4) is 17.2 Å². The largest absolute Gasteiger partial charge is 0.493 e. The van der Waals surface area contributed by atoms with Gasteiger partial charge in [0, 0.05) is 0 Å². The average Bonchev–Trinajstić information content (AvgIpc) is 2.89. The van der Waals surface area contributed by atoms with Crippen LogP contribution in [0.25, 0.3) is 0 Å². The molecule has 6 heteroatoms. The van der Waals surface area contributed by atoms with E-state index in [1.807, 2.05) is 72.8 Å². The highest BCUT2D eigenvalue weighted by Gasteiger charge is 2.36. The summed E-state index contributed by atoms with van der Waals surface area (Å²) in [5, 5.41) is 9.96. The van der Waals surface area contributed by atoms with Crippen LogP contribution in [-0.4, -0.2) is 42.8 Å². The quantitative estimate of drug-likeness (QED) is 0.466. The van der Waals surface area contributed by atoms with E-state index in [-0.39, 0.29) is 6.04 Å². The van der Waals surface area contributed by atoms with Crippen molar-refractivity contribution in [3.05, 3.63) is 89.5 Å². The summed E-state index contributed by atoms with van der Waals surface area (Å²) in [5.41, 5.74) is 2.97.